The van der Waals surface area contributed by atoms with Crippen LogP contribution in [0.5, 0.6) is 0 Å². The van der Waals surface area contributed by atoms with Gasteiger partial charge >= 0.3 is 12.3 Å². The zero-order chi connectivity index (χ0) is 25.7. The predicted octanol–water partition coefficient (Wildman–Crippen LogP) is 8.99. The molecule has 6 heteroatoms. The van der Waals surface area contributed by atoms with E-state index in [9.17, 15) is 9.59 Å². The van der Waals surface area contributed by atoms with Crippen molar-refractivity contribution in [2.75, 3.05) is 13.2 Å². The summed E-state index contributed by atoms with van der Waals surface area (Å²) in [4.78, 5) is 24.0. The fraction of sp³-hybridized carbons (Fsp3) is 0.931. The molecule has 0 spiro atoms. The van der Waals surface area contributed by atoms with Crippen molar-refractivity contribution < 1.29 is 28.5 Å². The van der Waals surface area contributed by atoms with E-state index >= 15 is 0 Å². The van der Waals surface area contributed by atoms with Crippen molar-refractivity contribution in [1.82, 2.24) is 0 Å². The van der Waals surface area contributed by atoms with Gasteiger partial charge in [-0.3, -0.25) is 0 Å². The van der Waals surface area contributed by atoms with Gasteiger partial charge in [-0.25, -0.2) is 9.59 Å². The minimum atomic E-state index is -0.574. The highest BCUT2D eigenvalue weighted by atomic mass is 16.7. The molecule has 1 aliphatic rings. The Balaban J connectivity index is 1.99. The molecule has 0 bridgehead atoms. The molecular weight excluding hydrogens is 444 g/mol. The lowest BCUT2D eigenvalue weighted by atomic mass is 9.95. The number of hydrogen-bond donors (Lipinski definition) is 0. The lowest BCUT2D eigenvalue weighted by molar-refractivity contribution is -0.0296. The van der Waals surface area contributed by atoms with Gasteiger partial charge in [0.1, 0.15) is 12.2 Å². The highest BCUT2D eigenvalue weighted by Crippen LogP contribution is 2.24. The highest BCUT2D eigenvalue weighted by molar-refractivity contribution is 5.60. The number of hydrogen-bond acceptors (Lipinski definition) is 6. The second kappa shape index (κ2) is 20.7. The van der Waals surface area contributed by atoms with Crippen molar-refractivity contribution in [1.29, 1.82) is 0 Å². The molecule has 6 nitrogen and oxygen atoms in total. The SMILES string of the molecule is CCCCC(CC)COC(=O)OC1CCC(OC(=O)OCCCCCCCCCCC(C)C)CC1. The molecule has 0 aromatic carbocycles. The van der Waals surface area contributed by atoms with E-state index in [0.29, 0.717) is 44.8 Å². The van der Waals surface area contributed by atoms with E-state index in [1.807, 2.05) is 0 Å². The van der Waals surface area contributed by atoms with Gasteiger partial charge in [0.2, 0.25) is 0 Å². The van der Waals surface area contributed by atoms with Crippen molar-refractivity contribution in [3.05, 3.63) is 0 Å². The van der Waals surface area contributed by atoms with Gasteiger partial charge in [-0.1, -0.05) is 98.3 Å². The predicted molar refractivity (Wildman–Crippen MR) is 141 cm³/mol. The van der Waals surface area contributed by atoms with E-state index < -0.39 is 12.3 Å². The average Bonchev–Trinajstić information content (AvgIpc) is 2.83. The maximum Gasteiger partial charge on any atom is 0.508 e. The zero-order valence-electron chi connectivity index (χ0n) is 23.2. The maximum absolute atomic E-state index is 12.0. The first-order valence-corrected chi connectivity index (χ1v) is 14.6. The molecule has 1 rings (SSSR count). The van der Waals surface area contributed by atoms with Gasteiger partial charge in [0.15, 0.2) is 0 Å². The van der Waals surface area contributed by atoms with Gasteiger partial charge in [0.05, 0.1) is 13.2 Å². The Kier molecular flexibility index (Phi) is 18.7. The maximum atomic E-state index is 12.0. The van der Waals surface area contributed by atoms with Crippen LogP contribution in [0.2, 0.25) is 0 Å². The molecule has 0 aliphatic heterocycles. The molecule has 1 atom stereocenters. The summed E-state index contributed by atoms with van der Waals surface area (Å²) < 4.78 is 21.5. The molecule has 1 unspecified atom stereocenters. The number of unbranched alkanes of at least 4 members (excludes halogenated alkanes) is 8. The number of carbonyl (C=O) groups excluding carboxylic acids is 2. The van der Waals surface area contributed by atoms with Gasteiger partial charge < -0.3 is 18.9 Å². The molecule has 0 heterocycles. The second-order valence-corrected chi connectivity index (χ2v) is 10.7. The molecule has 1 fully saturated rings. The quantitative estimate of drug-likeness (QED) is 0.131. The Morgan fingerprint density at radius 1 is 0.686 bits per heavy atom. The van der Waals surface area contributed by atoms with Crippen LogP contribution in [-0.2, 0) is 18.9 Å². The third kappa shape index (κ3) is 17.6. The first kappa shape index (κ1) is 31.6. The van der Waals surface area contributed by atoms with Crippen molar-refractivity contribution in [3.8, 4) is 0 Å². The topological polar surface area (TPSA) is 71.1 Å². The lowest BCUT2D eigenvalue weighted by Gasteiger charge is -2.27. The molecule has 1 aliphatic carbocycles. The van der Waals surface area contributed by atoms with Crippen molar-refractivity contribution in [3.63, 3.8) is 0 Å². The van der Waals surface area contributed by atoms with Crippen LogP contribution >= 0.6 is 0 Å². The lowest BCUT2D eigenvalue weighted by Crippen LogP contribution is -2.30. The largest absolute Gasteiger partial charge is 0.508 e. The Hall–Kier alpha value is -1.46. The highest BCUT2D eigenvalue weighted by Gasteiger charge is 2.27. The summed E-state index contributed by atoms with van der Waals surface area (Å²) in [6.45, 7) is 9.72. The van der Waals surface area contributed by atoms with E-state index in [1.165, 1.54) is 44.9 Å². The fourth-order valence-electron chi connectivity index (χ4n) is 4.56. The standard InChI is InChI=1S/C29H54O6/c1-5-7-17-25(6-2)23-33-29(31)35-27-20-18-26(19-21-27)34-28(30)32-22-15-13-11-9-8-10-12-14-16-24(3)4/h24-27H,5-23H2,1-4H3. The monoisotopic (exact) mass is 498 g/mol. The van der Waals surface area contributed by atoms with E-state index in [1.54, 1.807) is 0 Å². The summed E-state index contributed by atoms with van der Waals surface area (Å²) in [5.41, 5.74) is 0. The third-order valence-electron chi connectivity index (χ3n) is 7.02. The van der Waals surface area contributed by atoms with Gasteiger partial charge in [0.25, 0.3) is 0 Å². The molecule has 206 valence electrons. The average molecular weight is 499 g/mol. The van der Waals surface area contributed by atoms with Crippen LogP contribution in [0.25, 0.3) is 0 Å². The Bertz CT molecular complexity index is 527. The van der Waals surface area contributed by atoms with Gasteiger partial charge in [0, 0.05) is 0 Å². The van der Waals surface area contributed by atoms with E-state index in [0.717, 1.165) is 44.4 Å². The summed E-state index contributed by atoms with van der Waals surface area (Å²) in [5.74, 6) is 1.22. The normalized spacial score (nSPS) is 18.8. The van der Waals surface area contributed by atoms with E-state index in [4.69, 9.17) is 18.9 Å². The number of carbonyl (C=O) groups is 2. The number of rotatable bonds is 19. The molecule has 0 saturated heterocycles. The summed E-state index contributed by atoms with van der Waals surface area (Å²) in [6.07, 6.45) is 16.8. The van der Waals surface area contributed by atoms with Gasteiger partial charge in [-0.15, -0.1) is 0 Å². The van der Waals surface area contributed by atoms with Crippen LogP contribution < -0.4 is 0 Å². The molecule has 0 N–H and O–H groups in total. The van der Waals surface area contributed by atoms with Gasteiger partial charge in [-0.05, 0) is 50.4 Å². The van der Waals surface area contributed by atoms with Crippen LogP contribution in [0.4, 0.5) is 9.59 Å². The number of ether oxygens (including phenoxy) is 4. The Morgan fingerprint density at radius 3 is 1.71 bits per heavy atom. The van der Waals surface area contributed by atoms with Crippen molar-refractivity contribution >= 4 is 12.3 Å². The van der Waals surface area contributed by atoms with Crippen LogP contribution in [0.1, 0.15) is 137 Å². The molecule has 0 aromatic heterocycles. The summed E-state index contributed by atoms with van der Waals surface area (Å²) in [7, 11) is 0. The molecule has 0 aromatic rings. The smallest absolute Gasteiger partial charge is 0.434 e. The molecule has 0 radical (unpaired) electrons. The summed E-state index contributed by atoms with van der Waals surface area (Å²) in [6, 6.07) is 0. The Labute approximate surface area is 215 Å². The summed E-state index contributed by atoms with van der Waals surface area (Å²) in [5, 5.41) is 0. The van der Waals surface area contributed by atoms with Crippen molar-refractivity contribution in [2.45, 2.75) is 149 Å². The van der Waals surface area contributed by atoms with Crippen LogP contribution in [-0.4, -0.2) is 37.7 Å². The third-order valence-corrected chi connectivity index (χ3v) is 7.02. The molecule has 1 saturated carbocycles. The van der Waals surface area contributed by atoms with E-state index in [2.05, 4.69) is 27.7 Å². The van der Waals surface area contributed by atoms with Crippen LogP contribution in [0.3, 0.4) is 0 Å². The molecule has 0 amide bonds. The van der Waals surface area contributed by atoms with Crippen LogP contribution in [0, 0.1) is 11.8 Å². The van der Waals surface area contributed by atoms with Crippen molar-refractivity contribution in [2.24, 2.45) is 11.8 Å². The summed E-state index contributed by atoms with van der Waals surface area (Å²) >= 11 is 0. The van der Waals surface area contributed by atoms with E-state index in [-0.39, 0.29) is 12.2 Å². The second-order valence-electron chi connectivity index (χ2n) is 10.7. The minimum Gasteiger partial charge on any atom is -0.434 e. The van der Waals surface area contributed by atoms with Gasteiger partial charge in [-0.2, -0.15) is 0 Å². The first-order valence-electron chi connectivity index (χ1n) is 14.6. The fourth-order valence-corrected chi connectivity index (χ4v) is 4.56. The molecular formula is C29H54O6. The zero-order valence-corrected chi connectivity index (χ0v) is 23.2. The Morgan fingerprint density at radius 2 is 1.20 bits per heavy atom. The van der Waals surface area contributed by atoms with Crippen LogP contribution in [0.15, 0.2) is 0 Å². The first-order chi connectivity index (χ1) is 16.9. The minimum absolute atomic E-state index is 0.160. The molecule has 35 heavy (non-hydrogen) atoms.